The van der Waals surface area contributed by atoms with E-state index in [9.17, 15) is 0 Å². The van der Waals surface area contributed by atoms with Crippen LogP contribution in [0.2, 0.25) is 0 Å². The molecule has 0 amide bonds. The summed E-state index contributed by atoms with van der Waals surface area (Å²) in [5, 5.41) is 18.3. The summed E-state index contributed by atoms with van der Waals surface area (Å²) in [4.78, 5) is 4.07. The second-order valence-electron chi connectivity index (χ2n) is 7.64. The highest BCUT2D eigenvalue weighted by Crippen LogP contribution is 2.37. The van der Waals surface area contributed by atoms with E-state index in [1.54, 1.807) is 4.90 Å². The zero-order valence-corrected chi connectivity index (χ0v) is 15.6. The predicted octanol–water partition coefficient (Wildman–Crippen LogP) is 2.75. The van der Waals surface area contributed by atoms with Crippen molar-refractivity contribution in [1.29, 1.82) is 10.5 Å². The molecule has 4 nitrogen and oxygen atoms in total. The Hall–Kier alpha value is -2.82. The molecule has 4 rings (SSSR count). The van der Waals surface area contributed by atoms with E-state index in [1.165, 1.54) is 29.8 Å². The number of fused-ring (bicyclic) bond motifs is 1. The molecule has 3 aliphatic rings. The third kappa shape index (κ3) is 3.68. The first-order chi connectivity index (χ1) is 13.3. The van der Waals surface area contributed by atoms with Crippen LogP contribution in [0.15, 0.2) is 64.9 Å². The molecule has 1 aromatic carbocycles. The van der Waals surface area contributed by atoms with E-state index in [-0.39, 0.29) is 5.57 Å². The smallest absolute Gasteiger partial charge is 0.132 e. The molecule has 0 spiro atoms. The molecule has 1 N–H and O–H groups in total. The monoisotopic (exact) mass is 357 g/mol. The van der Waals surface area contributed by atoms with Crippen molar-refractivity contribution in [3.05, 3.63) is 64.9 Å². The molecule has 4 heteroatoms. The molecule has 1 aliphatic heterocycles. The van der Waals surface area contributed by atoms with Crippen LogP contribution in [0.1, 0.15) is 25.7 Å². The molecule has 1 heterocycles. The molecular weight excluding hydrogens is 332 g/mol. The third-order valence-electron chi connectivity index (χ3n) is 6.16. The highest BCUT2D eigenvalue weighted by atomic mass is 15.3. The first kappa shape index (κ1) is 17.6. The lowest BCUT2D eigenvalue weighted by atomic mass is 9.77. The third-order valence-corrected chi connectivity index (χ3v) is 6.16. The zero-order chi connectivity index (χ0) is 18.6. The Bertz CT molecular complexity index is 855. The Labute approximate surface area is 161 Å². The molecule has 1 saturated heterocycles. The Morgan fingerprint density at radius 3 is 2.37 bits per heavy atom. The number of rotatable bonds is 2. The van der Waals surface area contributed by atoms with Gasteiger partial charge in [-0.1, -0.05) is 24.3 Å². The van der Waals surface area contributed by atoms with Crippen molar-refractivity contribution in [1.82, 2.24) is 0 Å². The molecule has 1 aromatic rings. The number of nitrogens with zero attached hydrogens (tertiary/aromatic N) is 3. The number of nitriles is 2. The summed E-state index contributed by atoms with van der Waals surface area (Å²) in [6, 6.07) is 14.8. The van der Waals surface area contributed by atoms with Crippen LogP contribution in [0.4, 0.5) is 5.69 Å². The number of hydrogen-bond donors (Lipinski definition) is 1. The maximum absolute atomic E-state index is 9.17. The van der Waals surface area contributed by atoms with Crippen LogP contribution in [0.3, 0.4) is 0 Å². The number of piperazine rings is 1. The maximum Gasteiger partial charge on any atom is 0.132 e. The highest BCUT2D eigenvalue weighted by Gasteiger charge is 2.30. The van der Waals surface area contributed by atoms with E-state index in [1.807, 2.05) is 0 Å². The predicted molar refractivity (Wildman–Crippen MR) is 106 cm³/mol. The van der Waals surface area contributed by atoms with E-state index in [0.717, 1.165) is 44.6 Å². The number of allylic oxidation sites excluding steroid dienone is 6. The van der Waals surface area contributed by atoms with Gasteiger partial charge in [0, 0.05) is 12.1 Å². The lowest BCUT2D eigenvalue weighted by Gasteiger charge is -2.37. The van der Waals surface area contributed by atoms with Crippen LogP contribution in [0.5, 0.6) is 0 Å². The fourth-order valence-corrected chi connectivity index (χ4v) is 4.60. The molecule has 0 bridgehead atoms. The van der Waals surface area contributed by atoms with E-state index < -0.39 is 0 Å². The van der Waals surface area contributed by atoms with Gasteiger partial charge in [0.25, 0.3) is 0 Å². The number of hydrogen-bond acceptors (Lipinski definition) is 3. The molecule has 27 heavy (non-hydrogen) atoms. The standard InChI is InChI=1S/C23H24N4/c24-16-21(17-25)19-7-6-18-8-9-23(15-20(18)14-19)27-12-10-26(11-13-27)22-4-2-1-3-5-22/h1-5,14-15,18H,6-13H2/p+1/t18-/m1/s1. The fraction of sp³-hybridized carbons (Fsp3) is 0.391. The summed E-state index contributed by atoms with van der Waals surface area (Å²) in [5.74, 6) is 0.598. The number of nitrogens with one attached hydrogen (secondary N) is 1. The van der Waals surface area contributed by atoms with Crippen LogP contribution in [-0.4, -0.2) is 26.2 Å². The van der Waals surface area contributed by atoms with Gasteiger partial charge in [0.05, 0.1) is 26.2 Å². The fourth-order valence-electron chi connectivity index (χ4n) is 4.60. The van der Waals surface area contributed by atoms with Crippen LogP contribution in [-0.2, 0) is 0 Å². The summed E-state index contributed by atoms with van der Waals surface area (Å²) >= 11 is 0. The summed E-state index contributed by atoms with van der Waals surface area (Å²) in [6.45, 7) is 4.42. The number of quaternary nitrogens is 1. The Kier molecular flexibility index (Phi) is 5.10. The van der Waals surface area contributed by atoms with Crippen LogP contribution < -0.4 is 9.80 Å². The maximum atomic E-state index is 9.17. The number of benzene rings is 1. The van der Waals surface area contributed by atoms with Crippen molar-refractivity contribution in [2.75, 3.05) is 31.1 Å². The number of anilines is 1. The molecular formula is C23H25N4+. The van der Waals surface area contributed by atoms with Gasteiger partial charge in [0.1, 0.15) is 23.4 Å². The van der Waals surface area contributed by atoms with Gasteiger partial charge in [0.15, 0.2) is 0 Å². The molecule has 1 fully saturated rings. The van der Waals surface area contributed by atoms with Gasteiger partial charge in [0.2, 0.25) is 0 Å². The van der Waals surface area contributed by atoms with Gasteiger partial charge in [-0.3, -0.25) is 0 Å². The van der Waals surface area contributed by atoms with Crippen LogP contribution in [0.25, 0.3) is 0 Å². The Balaban J connectivity index is 1.49. The Morgan fingerprint density at radius 2 is 1.67 bits per heavy atom. The van der Waals surface area contributed by atoms with Crippen molar-refractivity contribution < 1.29 is 4.90 Å². The minimum absolute atomic E-state index is 0.283. The SMILES string of the molecule is N#CC(C#N)=C1C=C2C=C([NH+]3CCN(c4ccccc4)CC3)CC[C@H]2CC1. The van der Waals surface area contributed by atoms with Gasteiger partial charge >= 0.3 is 0 Å². The van der Waals surface area contributed by atoms with Crippen molar-refractivity contribution >= 4 is 5.69 Å². The van der Waals surface area contributed by atoms with E-state index >= 15 is 0 Å². The number of para-hydroxylation sites is 1. The van der Waals surface area contributed by atoms with E-state index in [0.29, 0.717) is 5.92 Å². The lowest BCUT2D eigenvalue weighted by Crippen LogP contribution is -3.13. The topological polar surface area (TPSA) is 55.3 Å². The van der Waals surface area contributed by atoms with E-state index in [4.69, 9.17) is 10.5 Å². The van der Waals surface area contributed by atoms with Crippen molar-refractivity contribution in [3.63, 3.8) is 0 Å². The van der Waals surface area contributed by atoms with E-state index in [2.05, 4.69) is 59.5 Å². The first-order valence-corrected chi connectivity index (χ1v) is 9.89. The summed E-state index contributed by atoms with van der Waals surface area (Å²) in [7, 11) is 0. The average molecular weight is 357 g/mol. The minimum atomic E-state index is 0.283. The highest BCUT2D eigenvalue weighted by molar-refractivity contribution is 5.49. The molecule has 2 aliphatic carbocycles. The first-order valence-electron chi connectivity index (χ1n) is 9.89. The summed E-state index contributed by atoms with van der Waals surface area (Å²) in [6.07, 6.45) is 8.78. The van der Waals surface area contributed by atoms with Crippen LogP contribution >= 0.6 is 0 Å². The molecule has 0 radical (unpaired) electrons. The zero-order valence-electron chi connectivity index (χ0n) is 15.6. The second-order valence-corrected chi connectivity index (χ2v) is 7.64. The second kappa shape index (κ2) is 7.82. The van der Waals surface area contributed by atoms with Crippen molar-refractivity contribution in [3.8, 4) is 12.1 Å². The summed E-state index contributed by atoms with van der Waals surface area (Å²) in [5.41, 5.74) is 5.36. The molecule has 1 atom stereocenters. The van der Waals surface area contributed by atoms with Gasteiger partial charge in [-0.2, -0.15) is 10.5 Å². The van der Waals surface area contributed by atoms with Gasteiger partial charge in [-0.05, 0) is 54.5 Å². The minimum Gasteiger partial charge on any atom is -0.360 e. The van der Waals surface area contributed by atoms with Gasteiger partial charge in [-0.25, -0.2) is 0 Å². The quantitative estimate of drug-likeness (QED) is 0.828. The molecule has 136 valence electrons. The Morgan fingerprint density at radius 1 is 0.963 bits per heavy atom. The van der Waals surface area contributed by atoms with Gasteiger partial charge < -0.3 is 9.80 Å². The van der Waals surface area contributed by atoms with Crippen molar-refractivity contribution in [2.24, 2.45) is 5.92 Å². The van der Waals surface area contributed by atoms with Crippen molar-refractivity contribution in [2.45, 2.75) is 25.7 Å². The normalized spacial score (nSPS) is 22.8. The average Bonchev–Trinajstić information content (AvgIpc) is 2.75. The molecule has 0 unspecified atom stereocenters. The van der Waals surface area contributed by atoms with Gasteiger partial charge in [-0.15, -0.1) is 0 Å². The summed E-state index contributed by atoms with van der Waals surface area (Å²) < 4.78 is 0. The largest absolute Gasteiger partial charge is 0.360 e. The molecule has 0 aromatic heterocycles. The lowest BCUT2D eigenvalue weighted by molar-refractivity contribution is -0.863. The van der Waals surface area contributed by atoms with Crippen LogP contribution in [0, 0.1) is 28.6 Å². The molecule has 0 saturated carbocycles.